The average Bonchev–Trinajstić information content (AvgIpc) is 3.29. The van der Waals surface area contributed by atoms with Gasteiger partial charge in [-0.2, -0.15) is 0 Å². The predicted octanol–water partition coefficient (Wildman–Crippen LogP) is 4.69. The Morgan fingerprint density at radius 1 is 1.05 bits per heavy atom. The lowest BCUT2D eigenvalue weighted by Gasteiger charge is -2.40. The van der Waals surface area contributed by atoms with Gasteiger partial charge in [0.05, 0.1) is 12.0 Å². The first kappa shape index (κ1) is 27.1. The van der Waals surface area contributed by atoms with Gasteiger partial charge in [-0.25, -0.2) is 4.98 Å². The molecule has 7 heteroatoms. The lowest BCUT2D eigenvalue weighted by molar-refractivity contribution is 0.214. The molecule has 1 saturated carbocycles. The molecule has 1 fully saturated rings. The summed E-state index contributed by atoms with van der Waals surface area (Å²) < 4.78 is 2.00. The van der Waals surface area contributed by atoms with E-state index < -0.39 is 0 Å². The number of nitrogens with one attached hydrogen (secondary N) is 2. The predicted molar refractivity (Wildman–Crippen MR) is 153 cm³/mol. The number of rotatable bonds is 9. The van der Waals surface area contributed by atoms with E-state index in [4.69, 9.17) is 0 Å². The molecule has 0 aliphatic heterocycles. The number of H-pyrrole nitrogens is 1. The molecule has 2 heterocycles. The third-order valence-corrected chi connectivity index (χ3v) is 8.09. The van der Waals surface area contributed by atoms with E-state index in [1.165, 1.54) is 42.5 Å². The second kappa shape index (κ2) is 11.7. The number of aryl methyl sites for hydroxylation is 3. The summed E-state index contributed by atoms with van der Waals surface area (Å²) >= 11 is 0. The monoisotopic (exact) mass is 504 g/mol. The summed E-state index contributed by atoms with van der Waals surface area (Å²) in [6, 6.07) is 7.86. The number of aromatic nitrogens is 3. The largest absolute Gasteiger partial charge is 0.369 e. The molecule has 0 saturated heterocycles. The summed E-state index contributed by atoms with van der Waals surface area (Å²) in [6.07, 6.45) is 8.86. The van der Waals surface area contributed by atoms with Gasteiger partial charge in [-0.15, -0.1) is 0 Å². The number of imidazole rings is 1. The number of aromatic amines is 1. The van der Waals surface area contributed by atoms with E-state index in [2.05, 4.69) is 71.4 Å². The molecule has 0 radical (unpaired) electrons. The first-order valence-corrected chi connectivity index (χ1v) is 13.6. The van der Waals surface area contributed by atoms with Crippen LogP contribution in [0.2, 0.25) is 0 Å². The molecule has 7 nitrogen and oxygen atoms in total. The number of hydrogen-bond acceptors (Lipinski definition) is 5. The maximum Gasteiger partial charge on any atom is 0.252 e. The van der Waals surface area contributed by atoms with Crippen LogP contribution < -0.4 is 15.8 Å². The summed E-state index contributed by atoms with van der Waals surface area (Å²) in [5, 5.41) is 3.56. The summed E-state index contributed by atoms with van der Waals surface area (Å²) in [7, 11) is 6.42. The Morgan fingerprint density at radius 3 is 2.35 bits per heavy atom. The van der Waals surface area contributed by atoms with E-state index >= 15 is 0 Å². The zero-order valence-electron chi connectivity index (χ0n) is 23.7. The molecular weight excluding hydrogens is 460 g/mol. The highest BCUT2D eigenvalue weighted by Crippen LogP contribution is 2.35. The van der Waals surface area contributed by atoms with E-state index in [-0.39, 0.29) is 5.56 Å². The van der Waals surface area contributed by atoms with Crippen LogP contribution in [0.5, 0.6) is 0 Å². The molecule has 1 aliphatic rings. The van der Waals surface area contributed by atoms with Gasteiger partial charge in [0.25, 0.3) is 5.56 Å². The Labute approximate surface area is 221 Å². The fourth-order valence-corrected chi connectivity index (χ4v) is 5.88. The summed E-state index contributed by atoms with van der Waals surface area (Å²) in [4.78, 5) is 25.1. The van der Waals surface area contributed by atoms with Crippen LogP contribution in [0, 0.1) is 20.8 Å². The van der Waals surface area contributed by atoms with Crippen LogP contribution in [0.3, 0.4) is 0 Å². The number of hydrogen-bond donors (Lipinski definition) is 2. The fourth-order valence-electron chi connectivity index (χ4n) is 5.88. The molecule has 4 rings (SSSR count). The zero-order chi connectivity index (χ0) is 26.7. The molecule has 0 spiro atoms. The highest BCUT2D eigenvalue weighted by molar-refractivity contribution is 5.70. The van der Waals surface area contributed by atoms with Crippen molar-refractivity contribution in [2.75, 3.05) is 25.5 Å². The summed E-state index contributed by atoms with van der Waals surface area (Å²) in [5.41, 5.74) is 8.71. The molecule has 200 valence electrons. The second-order valence-electron chi connectivity index (χ2n) is 11.0. The highest BCUT2D eigenvalue weighted by Gasteiger charge is 2.28. The van der Waals surface area contributed by atoms with Crippen molar-refractivity contribution in [3.63, 3.8) is 0 Å². The van der Waals surface area contributed by atoms with Gasteiger partial charge in [0.15, 0.2) is 0 Å². The molecule has 0 bridgehead atoms. The van der Waals surface area contributed by atoms with E-state index in [0.717, 1.165) is 34.6 Å². The molecule has 0 atom stereocenters. The molecule has 1 aromatic carbocycles. The van der Waals surface area contributed by atoms with Gasteiger partial charge in [0.1, 0.15) is 0 Å². The zero-order valence-corrected chi connectivity index (χ0v) is 23.7. The standard InChI is InChI=1S/C30H44N6O/c1-8-36(26-11-9-25(10-12-26)34(5)6)29-15-23(28-18-35(7)19-32-28)14-24(22(29)4)16-31-17-27-20(2)13-21(3)33-30(27)37/h13-15,18-19,25-26,31H,8-12,16-17H2,1-7H3,(H,33,37). The Bertz CT molecular complexity index is 1270. The quantitative estimate of drug-likeness (QED) is 0.443. The molecule has 2 N–H and O–H groups in total. The molecule has 37 heavy (non-hydrogen) atoms. The normalized spacial score (nSPS) is 17.9. The van der Waals surface area contributed by atoms with Crippen LogP contribution in [0.4, 0.5) is 5.69 Å². The maximum absolute atomic E-state index is 12.5. The van der Waals surface area contributed by atoms with E-state index in [1.807, 2.05) is 37.9 Å². The third-order valence-electron chi connectivity index (χ3n) is 8.09. The van der Waals surface area contributed by atoms with Gasteiger partial charge in [-0.05, 0) is 102 Å². The van der Waals surface area contributed by atoms with Crippen molar-refractivity contribution in [1.29, 1.82) is 0 Å². The molecule has 0 unspecified atom stereocenters. The Hall–Kier alpha value is -2.90. The minimum Gasteiger partial charge on any atom is -0.369 e. The molecule has 2 aromatic heterocycles. The minimum atomic E-state index is -0.00451. The Balaban J connectivity index is 1.63. The number of nitrogens with zero attached hydrogens (tertiary/aromatic N) is 4. The first-order valence-electron chi connectivity index (χ1n) is 13.6. The second-order valence-corrected chi connectivity index (χ2v) is 11.0. The Kier molecular flexibility index (Phi) is 8.55. The van der Waals surface area contributed by atoms with Crippen LogP contribution >= 0.6 is 0 Å². The van der Waals surface area contributed by atoms with Gasteiger partial charge < -0.3 is 24.7 Å². The lowest BCUT2D eigenvalue weighted by atomic mass is 9.88. The smallest absolute Gasteiger partial charge is 0.252 e. The van der Waals surface area contributed by atoms with Crippen molar-refractivity contribution in [3.8, 4) is 11.3 Å². The van der Waals surface area contributed by atoms with Crippen LogP contribution in [-0.2, 0) is 20.1 Å². The van der Waals surface area contributed by atoms with Crippen molar-refractivity contribution in [1.82, 2.24) is 24.8 Å². The maximum atomic E-state index is 12.5. The topological polar surface area (TPSA) is 69.2 Å². The van der Waals surface area contributed by atoms with Gasteiger partial charge in [-0.1, -0.05) is 0 Å². The van der Waals surface area contributed by atoms with E-state index in [0.29, 0.717) is 25.2 Å². The van der Waals surface area contributed by atoms with Gasteiger partial charge in [-0.3, -0.25) is 4.79 Å². The summed E-state index contributed by atoms with van der Waals surface area (Å²) in [6.45, 7) is 10.7. The SMILES string of the molecule is CCN(c1cc(-c2cn(C)cn2)cc(CNCc2c(C)cc(C)[nH]c2=O)c1C)C1CCC(N(C)C)CC1. The molecular formula is C30H44N6O. The minimum absolute atomic E-state index is 0.00451. The van der Waals surface area contributed by atoms with Crippen LogP contribution in [0.25, 0.3) is 11.3 Å². The number of benzene rings is 1. The molecule has 1 aliphatic carbocycles. The number of anilines is 1. The van der Waals surface area contributed by atoms with Crippen molar-refractivity contribution < 1.29 is 0 Å². The van der Waals surface area contributed by atoms with Crippen molar-refractivity contribution in [2.45, 2.75) is 78.6 Å². The third kappa shape index (κ3) is 6.16. The van der Waals surface area contributed by atoms with Crippen LogP contribution in [0.15, 0.2) is 35.5 Å². The summed E-state index contributed by atoms with van der Waals surface area (Å²) in [5.74, 6) is 0. The van der Waals surface area contributed by atoms with Crippen LogP contribution in [0.1, 0.15) is 60.6 Å². The van der Waals surface area contributed by atoms with Crippen molar-refractivity contribution >= 4 is 5.69 Å². The van der Waals surface area contributed by atoms with Gasteiger partial charge >= 0.3 is 0 Å². The van der Waals surface area contributed by atoms with Crippen molar-refractivity contribution in [3.05, 3.63) is 69.0 Å². The van der Waals surface area contributed by atoms with E-state index in [9.17, 15) is 4.79 Å². The molecule has 3 aromatic rings. The van der Waals surface area contributed by atoms with Gasteiger partial charge in [0.2, 0.25) is 0 Å². The van der Waals surface area contributed by atoms with E-state index in [1.54, 1.807) is 0 Å². The first-order chi connectivity index (χ1) is 17.7. The lowest BCUT2D eigenvalue weighted by Crippen LogP contribution is -2.42. The number of pyridine rings is 1. The Morgan fingerprint density at radius 2 is 1.76 bits per heavy atom. The average molecular weight is 505 g/mol. The van der Waals surface area contributed by atoms with Gasteiger partial charge in [0, 0.05) is 67.5 Å². The highest BCUT2D eigenvalue weighted by atomic mass is 16.1. The fraction of sp³-hybridized carbons (Fsp3) is 0.533. The van der Waals surface area contributed by atoms with Crippen LogP contribution in [-0.4, -0.2) is 52.2 Å². The van der Waals surface area contributed by atoms with Crippen molar-refractivity contribution in [2.24, 2.45) is 7.05 Å². The molecule has 0 amide bonds.